The molecule has 0 spiro atoms. The summed E-state index contributed by atoms with van der Waals surface area (Å²) in [5.74, 6) is 3.55. The van der Waals surface area contributed by atoms with Crippen LogP contribution in [0.5, 0.6) is 0 Å². The Bertz CT molecular complexity index is 534. The molecule has 4 nitrogen and oxygen atoms in total. The number of hydrogen-bond acceptors (Lipinski definition) is 3. The van der Waals surface area contributed by atoms with Crippen molar-refractivity contribution in [1.29, 1.82) is 0 Å². The summed E-state index contributed by atoms with van der Waals surface area (Å²) in [5, 5.41) is 3.07. The first kappa shape index (κ1) is 16.8. The minimum Gasteiger partial charge on any atom is -0.467 e. The molecule has 1 aromatic rings. The predicted molar refractivity (Wildman–Crippen MR) is 91.4 cm³/mol. The summed E-state index contributed by atoms with van der Waals surface area (Å²) in [7, 11) is 0. The maximum atomic E-state index is 12.1. The maximum absolute atomic E-state index is 12.1. The highest BCUT2D eigenvalue weighted by Gasteiger charge is 2.50. The summed E-state index contributed by atoms with van der Waals surface area (Å²) in [5.41, 5.74) is 6.62. The molecule has 5 rings (SSSR count). The molecule has 1 heterocycles. The predicted octanol–water partition coefficient (Wildman–Crippen LogP) is 3.50. The topological polar surface area (TPSA) is 68.3 Å². The Balaban J connectivity index is 0.00000156. The molecule has 0 atom stereocenters. The number of halogens is 1. The molecule has 3 N–H and O–H groups in total. The van der Waals surface area contributed by atoms with Crippen LogP contribution in [-0.2, 0) is 6.54 Å². The highest BCUT2D eigenvalue weighted by atomic mass is 35.5. The number of amides is 1. The summed E-state index contributed by atoms with van der Waals surface area (Å²) in [6.45, 7) is 1.12. The third-order valence-corrected chi connectivity index (χ3v) is 6.22. The summed E-state index contributed by atoms with van der Waals surface area (Å²) in [4.78, 5) is 12.1. The first-order valence-electron chi connectivity index (χ1n) is 8.71. The van der Waals surface area contributed by atoms with Gasteiger partial charge in [-0.1, -0.05) is 0 Å². The molecule has 1 aromatic heterocycles. The van der Waals surface area contributed by atoms with Gasteiger partial charge in [-0.05, 0) is 74.2 Å². The van der Waals surface area contributed by atoms with Crippen molar-refractivity contribution in [3.63, 3.8) is 0 Å². The Morgan fingerprint density at radius 2 is 1.83 bits per heavy atom. The minimum absolute atomic E-state index is 0. The molecule has 128 valence electrons. The van der Waals surface area contributed by atoms with Crippen molar-refractivity contribution in [2.24, 2.45) is 28.9 Å². The van der Waals surface area contributed by atoms with Crippen LogP contribution in [0.3, 0.4) is 0 Å². The summed E-state index contributed by atoms with van der Waals surface area (Å²) >= 11 is 0. The fourth-order valence-corrected chi connectivity index (χ4v) is 5.75. The smallest absolute Gasteiger partial charge is 0.254 e. The second-order valence-corrected chi connectivity index (χ2v) is 7.93. The fraction of sp³-hybridized carbons (Fsp3) is 0.722. The number of carbonyl (C=O) groups excluding carboxylic acids is 1. The van der Waals surface area contributed by atoms with Gasteiger partial charge in [0.25, 0.3) is 5.91 Å². The third-order valence-electron chi connectivity index (χ3n) is 6.22. The highest BCUT2D eigenvalue weighted by Crippen LogP contribution is 2.61. The fourth-order valence-electron chi connectivity index (χ4n) is 5.75. The Morgan fingerprint density at radius 1 is 1.22 bits per heavy atom. The summed E-state index contributed by atoms with van der Waals surface area (Å²) in [6, 6.07) is 1.74. The number of nitrogens with two attached hydrogens (primary N) is 1. The highest BCUT2D eigenvalue weighted by molar-refractivity contribution is 5.93. The molecule has 0 unspecified atom stereocenters. The van der Waals surface area contributed by atoms with Crippen LogP contribution < -0.4 is 11.1 Å². The van der Waals surface area contributed by atoms with E-state index >= 15 is 0 Å². The van der Waals surface area contributed by atoms with Crippen molar-refractivity contribution in [3.05, 3.63) is 23.7 Å². The van der Waals surface area contributed by atoms with E-state index in [0.29, 0.717) is 23.3 Å². The van der Waals surface area contributed by atoms with Gasteiger partial charge in [-0.25, -0.2) is 0 Å². The Morgan fingerprint density at radius 3 is 2.35 bits per heavy atom. The molecule has 0 radical (unpaired) electrons. The van der Waals surface area contributed by atoms with Crippen LogP contribution in [0, 0.1) is 23.2 Å². The van der Waals surface area contributed by atoms with Crippen LogP contribution in [0.4, 0.5) is 0 Å². The van der Waals surface area contributed by atoms with E-state index in [4.69, 9.17) is 10.2 Å². The van der Waals surface area contributed by atoms with Crippen molar-refractivity contribution in [2.75, 3.05) is 6.54 Å². The Labute approximate surface area is 144 Å². The second-order valence-electron chi connectivity index (χ2n) is 7.93. The van der Waals surface area contributed by atoms with Crippen LogP contribution >= 0.6 is 12.4 Å². The lowest BCUT2D eigenvalue weighted by Crippen LogP contribution is -2.47. The zero-order valence-electron chi connectivity index (χ0n) is 13.6. The van der Waals surface area contributed by atoms with Crippen molar-refractivity contribution >= 4 is 18.3 Å². The van der Waals surface area contributed by atoms with E-state index in [1.54, 1.807) is 6.07 Å². The quantitative estimate of drug-likeness (QED) is 0.863. The van der Waals surface area contributed by atoms with E-state index < -0.39 is 0 Å². The number of carbonyl (C=O) groups is 1. The van der Waals surface area contributed by atoms with Crippen molar-refractivity contribution in [2.45, 2.75) is 51.5 Å². The SMILES string of the molecule is Cl.NCc1cc(C(=O)NCCC23CC4CC(CC(C4)C2)C3)co1. The van der Waals surface area contributed by atoms with E-state index in [1.807, 2.05) is 0 Å². The van der Waals surface area contributed by atoms with Gasteiger partial charge in [-0.2, -0.15) is 0 Å². The molecule has 0 aromatic carbocycles. The van der Waals surface area contributed by atoms with E-state index in [9.17, 15) is 4.79 Å². The molecular weight excluding hydrogens is 312 g/mol. The average Bonchev–Trinajstić information content (AvgIpc) is 2.94. The molecular formula is C18H27ClN2O2. The zero-order valence-corrected chi connectivity index (χ0v) is 14.4. The molecule has 0 saturated heterocycles. The molecule has 23 heavy (non-hydrogen) atoms. The van der Waals surface area contributed by atoms with Crippen LogP contribution in [0.25, 0.3) is 0 Å². The van der Waals surface area contributed by atoms with E-state index in [0.717, 1.165) is 30.7 Å². The van der Waals surface area contributed by atoms with Crippen molar-refractivity contribution in [1.82, 2.24) is 5.32 Å². The second kappa shape index (κ2) is 6.48. The van der Waals surface area contributed by atoms with Crippen LogP contribution in [0.15, 0.2) is 16.7 Å². The molecule has 1 amide bonds. The molecule has 5 heteroatoms. The van der Waals surface area contributed by atoms with E-state index in [-0.39, 0.29) is 18.3 Å². The van der Waals surface area contributed by atoms with Gasteiger partial charge < -0.3 is 15.5 Å². The number of nitrogens with one attached hydrogen (secondary N) is 1. The molecule has 4 aliphatic rings. The lowest BCUT2D eigenvalue weighted by Gasteiger charge is -2.57. The molecule has 4 fully saturated rings. The van der Waals surface area contributed by atoms with E-state index in [1.165, 1.54) is 44.8 Å². The summed E-state index contributed by atoms with van der Waals surface area (Å²) in [6.07, 6.45) is 11.3. The van der Waals surface area contributed by atoms with Crippen molar-refractivity contribution < 1.29 is 9.21 Å². The van der Waals surface area contributed by atoms with Gasteiger partial charge in [0.15, 0.2) is 0 Å². The van der Waals surface area contributed by atoms with Gasteiger partial charge in [0.2, 0.25) is 0 Å². The van der Waals surface area contributed by atoms with Gasteiger partial charge in [0.1, 0.15) is 12.0 Å². The van der Waals surface area contributed by atoms with Gasteiger partial charge in [-0.15, -0.1) is 12.4 Å². The van der Waals surface area contributed by atoms with Crippen LogP contribution in [0.2, 0.25) is 0 Å². The Kier molecular flexibility index (Phi) is 4.75. The largest absolute Gasteiger partial charge is 0.467 e. The average molecular weight is 339 g/mol. The Hall–Kier alpha value is -1.00. The minimum atomic E-state index is -0.0341. The summed E-state index contributed by atoms with van der Waals surface area (Å²) < 4.78 is 5.23. The van der Waals surface area contributed by atoms with Crippen molar-refractivity contribution in [3.8, 4) is 0 Å². The molecule has 4 aliphatic carbocycles. The first-order valence-corrected chi connectivity index (χ1v) is 8.71. The monoisotopic (exact) mass is 338 g/mol. The standard InChI is InChI=1S/C18H26N2O2.ClH/c19-10-16-6-15(11-22-16)17(21)20-2-1-18-7-12-3-13(8-18)5-14(4-12)9-18;/h6,11-14H,1-5,7-10,19H2,(H,20,21);1H. The number of rotatable bonds is 5. The van der Waals surface area contributed by atoms with Gasteiger partial charge in [0.05, 0.1) is 12.1 Å². The lowest BCUT2D eigenvalue weighted by molar-refractivity contribution is -0.0564. The van der Waals surface area contributed by atoms with E-state index in [2.05, 4.69) is 5.32 Å². The molecule has 0 aliphatic heterocycles. The number of hydrogen-bond donors (Lipinski definition) is 2. The first-order chi connectivity index (χ1) is 10.7. The van der Waals surface area contributed by atoms with Crippen LogP contribution in [-0.4, -0.2) is 12.5 Å². The van der Waals surface area contributed by atoms with Gasteiger partial charge in [0, 0.05) is 6.54 Å². The zero-order chi connectivity index (χ0) is 15.2. The normalized spacial score (nSPS) is 34.2. The lowest BCUT2D eigenvalue weighted by atomic mass is 9.49. The molecule has 4 saturated carbocycles. The third kappa shape index (κ3) is 3.29. The molecule has 4 bridgehead atoms. The van der Waals surface area contributed by atoms with Gasteiger partial charge >= 0.3 is 0 Å². The van der Waals surface area contributed by atoms with Gasteiger partial charge in [-0.3, -0.25) is 4.79 Å². The van der Waals surface area contributed by atoms with Crippen LogP contribution in [0.1, 0.15) is 61.1 Å². The maximum Gasteiger partial charge on any atom is 0.254 e. The number of furan rings is 1.